The van der Waals surface area contributed by atoms with Gasteiger partial charge in [0.15, 0.2) is 5.96 Å². The summed E-state index contributed by atoms with van der Waals surface area (Å²) in [5.74, 6) is 0.770. The van der Waals surface area contributed by atoms with Crippen LogP contribution in [0.5, 0.6) is 0 Å². The van der Waals surface area contributed by atoms with Crippen molar-refractivity contribution in [2.24, 2.45) is 4.99 Å². The molecule has 0 aromatic heterocycles. The maximum Gasteiger partial charge on any atom is 0.403 e. The van der Waals surface area contributed by atoms with Gasteiger partial charge in [-0.25, -0.2) is 0 Å². The number of hydrogen-bond donors (Lipinski definition) is 1. The monoisotopic (exact) mass is 507 g/mol. The van der Waals surface area contributed by atoms with Gasteiger partial charge in [-0.1, -0.05) is 0 Å². The molecule has 0 spiro atoms. The Hall–Kier alpha value is -0.330. The summed E-state index contributed by atoms with van der Waals surface area (Å²) >= 11 is 0. The zero-order valence-electron chi connectivity index (χ0n) is 16.5. The Bertz CT molecular complexity index is 454. The minimum atomic E-state index is -4.17. The van der Waals surface area contributed by atoms with Crippen molar-refractivity contribution >= 4 is 29.9 Å². The summed E-state index contributed by atoms with van der Waals surface area (Å²) in [4.78, 5) is 10.2. The van der Waals surface area contributed by atoms with E-state index in [0.717, 1.165) is 32.2 Å². The average molecular weight is 507 g/mol. The molecule has 1 unspecified atom stereocenters. The Kier molecular flexibility index (Phi) is 10.6. The molecule has 0 radical (unpaired) electrons. The molecule has 1 atom stereocenters. The van der Waals surface area contributed by atoms with Gasteiger partial charge in [-0.2, -0.15) is 13.2 Å². The third-order valence-corrected chi connectivity index (χ3v) is 5.18. The molecule has 1 aliphatic carbocycles. The van der Waals surface area contributed by atoms with E-state index in [2.05, 4.69) is 15.2 Å². The van der Waals surface area contributed by atoms with Crippen LogP contribution in [0.25, 0.3) is 0 Å². The molecular formula is C17H33F3IN5O. The number of ether oxygens (including phenoxy) is 1. The van der Waals surface area contributed by atoms with Crippen LogP contribution in [-0.4, -0.2) is 105 Å². The molecule has 2 aliphatic rings. The first-order valence-electron chi connectivity index (χ1n) is 9.36. The Balaban J connectivity index is 0.00000364. The molecule has 1 saturated heterocycles. The van der Waals surface area contributed by atoms with Gasteiger partial charge in [0.25, 0.3) is 0 Å². The predicted octanol–water partition coefficient (Wildman–Crippen LogP) is 1.86. The van der Waals surface area contributed by atoms with Crippen LogP contribution in [0.2, 0.25) is 0 Å². The van der Waals surface area contributed by atoms with Crippen LogP contribution in [0.15, 0.2) is 4.99 Å². The van der Waals surface area contributed by atoms with Crippen LogP contribution in [-0.2, 0) is 4.74 Å². The number of rotatable bonds is 8. The summed E-state index contributed by atoms with van der Waals surface area (Å²) in [5, 5.41) is 3.36. The fourth-order valence-electron chi connectivity index (χ4n) is 3.30. The summed E-state index contributed by atoms with van der Waals surface area (Å²) in [5.41, 5.74) is 0. The lowest BCUT2D eigenvalue weighted by Gasteiger charge is -2.39. The van der Waals surface area contributed by atoms with Gasteiger partial charge in [0, 0.05) is 66.0 Å². The number of nitrogens with one attached hydrogen (secondary N) is 1. The summed E-state index contributed by atoms with van der Waals surface area (Å²) in [7, 11) is 3.43. The standard InChI is InChI=1S/C17H32F3N5O.HI/c1-14(17(18,19)20)23-8-10-25(11-9-23)16(21-2)22-6-7-24(12-13-26-3)15-4-5-15;/h14-15H,4-13H2,1-3H3,(H,21,22);1H. The number of guanidine groups is 1. The second-order valence-electron chi connectivity index (χ2n) is 6.97. The second kappa shape index (κ2) is 11.6. The Labute approximate surface area is 177 Å². The number of alkyl halides is 3. The molecule has 2 rings (SSSR count). The summed E-state index contributed by atoms with van der Waals surface area (Å²) in [6.45, 7) is 6.46. The zero-order chi connectivity index (χ0) is 19.2. The molecule has 0 amide bonds. The average Bonchev–Trinajstić information content (AvgIpc) is 3.45. The van der Waals surface area contributed by atoms with Gasteiger partial charge in [-0.15, -0.1) is 24.0 Å². The van der Waals surface area contributed by atoms with E-state index in [9.17, 15) is 13.2 Å². The first kappa shape index (κ1) is 24.7. The maximum absolute atomic E-state index is 12.9. The lowest BCUT2D eigenvalue weighted by molar-refractivity contribution is -0.181. The van der Waals surface area contributed by atoms with E-state index in [4.69, 9.17) is 4.74 Å². The van der Waals surface area contributed by atoms with E-state index >= 15 is 0 Å². The number of nitrogens with zero attached hydrogens (tertiary/aromatic N) is 4. The molecule has 27 heavy (non-hydrogen) atoms. The van der Waals surface area contributed by atoms with Crippen molar-refractivity contribution in [3.8, 4) is 0 Å². The van der Waals surface area contributed by atoms with Crippen molar-refractivity contribution < 1.29 is 17.9 Å². The van der Waals surface area contributed by atoms with Crippen LogP contribution in [0, 0.1) is 0 Å². The minimum absolute atomic E-state index is 0. The van der Waals surface area contributed by atoms with Gasteiger partial charge >= 0.3 is 6.18 Å². The van der Waals surface area contributed by atoms with E-state index in [1.807, 2.05) is 4.90 Å². The summed E-state index contributed by atoms with van der Waals surface area (Å²) < 4.78 is 43.7. The second-order valence-corrected chi connectivity index (χ2v) is 6.97. The van der Waals surface area contributed by atoms with E-state index < -0.39 is 12.2 Å². The SMILES string of the molecule is CN=C(NCCN(CCOC)C1CC1)N1CCN(C(C)C(F)(F)F)CC1.I. The highest BCUT2D eigenvalue weighted by Gasteiger charge is 2.41. The Morgan fingerprint density at radius 1 is 1.22 bits per heavy atom. The molecular weight excluding hydrogens is 474 g/mol. The van der Waals surface area contributed by atoms with Crippen molar-refractivity contribution in [1.82, 2.24) is 20.0 Å². The topological polar surface area (TPSA) is 43.3 Å². The molecule has 1 aliphatic heterocycles. The maximum atomic E-state index is 12.9. The first-order chi connectivity index (χ1) is 12.4. The van der Waals surface area contributed by atoms with Gasteiger partial charge in [0.05, 0.1) is 6.61 Å². The van der Waals surface area contributed by atoms with Crippen LogP contribution in [0.4, 0.5) is 13.2 Å². The minimum Gasteiger partial charge on any atom is -0.383 e. The van der Waals surface area contributed by atoms with E-state index in [1.54, 1.807) is 14.2 Å². The molecule has 6 nitrogen and oxygen atoms in total. The van der Waals surface area contributed by atoms with Crippen molar-refractivity contribution in [2.45, 2.75) is 38.0 Å². The van der Waals surface area contributed by atoms with Gasteiger partial charge in [-0.3, -0.25) is 14.8 Å². The lowest BCUT2D eigenvalue weighted by atomic mass is 10.2. The van der Waals surface area contributed by atoms with Gasteiger partial charge in [-0.05, 0) is 19.8 Å². The zero-order valence-corrected chi connectivity index (χ0v) is 18.8. The highest BCUT2D eigenvalue weighted by molar-refractivity contribution is 14.0. The number of hydrogen-bond acceptors (Lipinski definition) is 4. The van der Waals surface area contributed by atoms with Crippen LogP contribution in [0.3, 0.4) is 0 Å². The molecule has 1 saturated carbocycles. The van der Waals surface area contributed by atoms with Crippen LogP contribution < -0.4 is 5.32 Å². The fourth-order valence-corrected chi connectivity index (χ4v) is 3.30. The van der Waals surface area contributed by atoms with Gasteiger partial charge in [0.2, 0.25) is 0 Å². The number of methoxy groups -OCH3 is 1. The quantitative estimate of drug-likeness (QED) is 0.309. The number of piperazine rings is 1. The number of aliphatic imine (C=N–C) groups is 1. The Morgan fingerprint density at radius 2 is 1.85 bits per heavy atom. The lowest BCUT2D eigenvalue weighted by Crippen LogP contribution is -2.57. The molecule has 0 aromatic carbocycles. The summed E-state index contributed by atoms with van der Waals surface area (Å²) in [6.07, 6.45) is -1.67. The predicted molar refractivity (Wildman–Crippen MR) is 112 cm³/mol. The van der Waals surface area contributed by atoms with E-state index in [-0.39, 0.29) is 24.0 Å². The van der Waals surface area contributed by atoms with Gasteiger partial charge < -0.3 is 15.0 Å². The third kappa shape index (κ3) is 7.90. The van der Waals surface area contributed by atoms with Crippen LogP contribution >= 0.6 is 24.0 Å². The van der Waals surface area contributed by atoms with Crippen molar-refractivity contribution in [2.75, 3.05) is 66.6 Å². The summed E-state index contributed by atoms with van der Waals surface area (Å²) in [6, 6.07) is -0.728. The highest BCUT2D eigenvalue weighted by atomic mass is 127. The molecule has 160 valence electrons. The molecule has 0 bridgehead atoms. The van der Waals surface area contributed by atoms with Crippen LogP contribution in [0.1, 0.15) is 19.8 Å². The van der Waals surface area contributed by atoms with Crippen molar-refractivity contribution in [3.05, 3.63) is 0 Å². The van der Waals surface area contributed by atoms with Crippen molar-refractivity contribution in [3.63, 3.8) is 0 Å². The van der Waals surface area contributed by atoms with Gasteiger partial charge in [0.1, 0.15) is 6.04 Å². The normalized spacial score (nSPS) is 20.6. The molecule has 2 fully saturated rings. The van der Waals surface area contributed by atoms with E-state index in [1.165, 1.54) is 24.7 Å². The largest absolute Gasteiger partial charge is 0.403 e. The molecule has 1 N–H and O–H groups in total. The van der Waals surface area contributed by atoms with Crippen molar-refractivity contribution in [1.29, 1.82) is 0 Å². The highest BCUT2D eigenvalue weighted by Crippen LogP contribution is 2.26. The number of halogens is 4. The smallest absolute Gasteiger partial charge is 0.383 e. The Morgan fingerprint density at radius 3 is 2.33 bits per heavy atom. The fraction of sp³-hybridized carbons (Fsp3) is 0.941. The molecule has 0 aromatic rings. The molecule has 1 heterocycles. The third-order valence-electron chi connectivity index (χ3n) is 5.18. The molecule has 10 heteroatoms. The van der Waals surface area contributed by atoms with E-state index in [0.29, 0.717) is 32.2 Å². The first-order valence-corrected chi connectivity index (χ1v) is 9.36.